The summed E-state index contributed by atoms with van der Waals surface area (Å²) in [6.45, 7) is 2.42. The van der Waals surface area contributed by atoms with Crippen LogP contribution < -0.4 is 14.4 Å². The van der Waals surface area contributed by atoms with Gasteiger partial charge in [-0.05, 0) is 36.8 Å². The number of rotatable bonds is 5. The summed E-state index contributed by atoms with van der Waals surface area (Å²) in [6, 6.07) is 12.5. The first-order valence-corrected chi connectivity index (χ1v) is 9.86. The third-order valence-electron chi connectivity index (χ3n) is 4.49. The Kier molecular flexibility index (Phi) is 6.46. The highest BCUT2D eigenvalue weighted by atomic mass is 32.2. The Labute approximate surface area is 168 Å². The van der Waals surface area contributed by atoms with Crippen LogP contribution in [-0.2, 0) is 9.53 Å². The normalized spacial score (nSPS) is 16.0. The minimum Gasteiger partial charge on any atom is -0.493 e. The van der Waals surface area contributed by atoms with E-state index in [0.717, 1.165) is 17.0 Å². The predicted molar refractivity (Wildman–Crippen MR) is 109 cm³/mol. The molecular weight excluding hydrogens is 378 g/mol. The molecule has 1 aliphatic rings. The first-order chi connectivity index (χ1) is 13.5. The molecule has 0 saturated heterocycles. The molecule has 1 atom stereocenters. The van der Waals surface area contributed by atoms with Crippen molar-refractivity contribution in [1.29, 1.82) is 0 Å². The largest absolute Gasteiger partial charge is 0.493 e. The van der Waals surface area contributed by atoms with Gasteiger partial charge < -0.3 is 19.1 Å². The average molecular weight is 401 g/mol. The van der Waals surface area contributed by atoms with E-state index in [1.165, 1.54) is 20.3 Å². The van der Waals surface area contributed by atoms with Crippen LogP contribution in [0.1, 0.15) is 23.7 Å². The maximum Gasteiger partial charge on any atom is 0.338 e. The summed E-state index contributed by atoms with van der Waals surface area (Å²) in [7, 11) is 3.01. The van der Waals surface area contributed by atoms with Gasteiger partial charge in [-0.2, -0.15) is 0 Å². The fraction of sp³-hybridized carbons (Fsp3) is 0.333. The molecule has 1 amide bonds. The molecule has 0 saturated carbocycles. The SMILES string of the molecule is COc1ccc(C(=O)OCC(=O)N2CCC(C)Sc3ccccc32)cc1OC. The van der Waals surface area contributed by atoms with Crippen LogP contribution in [0.15, 0.2) is 47.4 Å². The molecule has 3 rings (SSSR count). The number of methoxy groups -OCH3 is 2. The number of para-hydroxylation sites is 1. The van der Waals surface area contributed by atoms with E-state index in [0.29, 0.717) is 28.9 Å². The number of benzene rings is 2. The van der Waals surface area contributed by atoms with Gasteiger partial charge in [0.05, 0.1) is 25.5 Å². The summed E-state index contributed by atoms with van der Waals surface area (Å²) < 4.78 is 15.6. The van der Waals surface area contributed by atoms with E-state index < -0.39 is 5.97 Å². The zero-order valence-corrected chi connectivity index (χ0v) is 17.0. The van der Waals surface area contributed by atoms with Gasteiger partial charge in [0.25, 0.3) is 5.91 Å². The lowest BCUT2D eigenvalue weighted by atomic mass is 10.2. The molecule has 0 spiro atoms. The summed E-state index contributed by atoms with van der Waals surface area (Å²) >= 11 is 1.76. The quantitative estimate of drug-likeness (QED) is 0.711. The zero-order valence-electron chi connectivity index (χ0n) is 16.1. The number of hydrogen-bond acceptors (Lipinski definition) is 6. The van der Waals surface area contributed by atoms with Crippen molar-refractivity contribution in [3.05, 3.63) is 48.0 Å². The van der Waals surface area contributed by atoms with Crippen LogP contribution in [-0.4, -0.2) is 44.5 Å². The van der Waals surface area contributed by atoms with Crippen LogP contribution in [0.3, 0.4) is 0 Å². The number of fused-ring (bicyclic) bond motifs is 1. The molecule has 0 bridgehead atoms. The monoisotopic (exact) mass is 401 g/mol. The first kappa shape index (κ1) is 20.1. The fourth-order valence-electron chi connectivity index (χ4n) is 3.00. The summed E-state index contributed by atoms with van der Waals surface area (Å²) in [6.07, 6.45) is 0.870. The van der Waals surface area contributed by atoms with Crippen LogP contribution >= 0.6 is 11.8 Å². The van der Waals surface area contributed by atoms with Gasteiger partial charge >= 0.3 is 5.97 Å². The van der Waals surface area contributed by atoms with Crippen molar-refractivity contribution in [3.63, 3.8) is 0 Å². The Balaban J connectivity index is 1.69. The van der Waals surface area contributed by atoms with Crippen molar-refractivity contribution >= 4 is 29.3 Å². The van der Waals surface area contributed by atoms with Crippen molar-refractivity contribution in [3.8, 4) is 11.5 Å². The van der Waals surface area contributed by atoms with E-state index in [2.05, 4.69) is 6.92 Å². The molecule has 0 N–H and O–H groups in total. The van der Waals surface area contributed by atoms with Crippen LogP contribution in [0.5, 0.6) is 11.5 Å². The van der Waals surface area contributed by atoms with Crippen molar-refractivity contribution in [2.24, 2.45) is 0 Å². The lowest BCUT2D eigenvalue weighted by Gasteiger charge is -2.22. The van der Waals surface area contributed by atoms with Crippen molar-refractivity contribution in [2.75, 3.05) is 32.3 Å². The minimum atomic E-state index is -0.583. The van der Waals surface area contributed by atoms with E-state index in [9.17, 15) is 9.59 Å². The van der Waals surface area contributed by atoms with Crippen molar-refractivity contribution < 1.29 is 23.8 Å². The minimum absolute atomic E-state index is 0.240. The molecule has 1 heterocycles. The Morgan fingerprint density at radius 3 is 2.61 bits per heavy atom. The maximum atomic E-state index is 12.8. The molecule has 6 nitrogen and oxygen atoms in total. The molecular formula is C21H23NO5S. The van der Waals surface area contributed by atoms with Gasteiger partial charge in [-0.25, -0.2) is 4.79 Å². The van der Waals surface area contributed by atoms with Crippen LogP contribution in [0, 0.1) is 0 Å². The molecule has 148 valence electrons. The van der Waals surface area contributed by atoms with E-state index >= 15 is 0 Å². The Bertz CT molecular complexity index is 870. The van der Waals surface area contributed by atoms with Gasteiger partial charge in [0.2, 0.25) is 0 Å². The van der Waals surface area contributed by atoms with Crippen LogP contribution in [0.25, 0.3) is 0 Å². The smallest absolute Gasteiger partial charge is 0.338 e. The second kappa shape index (κ2) is 9.01. The maximum absolute atomic E-state index is 12.8. The van der Waals surface area contributed by atoms with Gasteiger partial charge in [0, 0.05) is 16.7 Å². The second-order valence-corrected chi connectivity index (χ2v) is 7.86. The molecule has 7 heteroatoms. The highest BCUT2D eigenvalue weighted by Gasteiger charge is 2.25. The number of carbonyl (C=O) groups excluding carboxylic acids is 2. The van der Waals surface area contributed by atoms with E-state index in [1.54, 1.807) is 28.8 Å². The number of hydrogen-bond donors (Lipinski definition) is 0. The van der Waals surface area contributed by atoms with Crippen molar-refractivity contribution in [2.45, 2.75) is 23.5 Å². The number of anilines is 1. The molecule has 1 unspecified atom stereocenters. The molecule has 1 aliphatic heterocycles. The molecule has 2 aromatic rings. The van der Waals surface area contributed by atoms with Crippen LogP contribution in [0.2, 0.25) is 0 Å². The molecule has 0 radical (unpaired) electrons. The predicted octanol–water partition coefficient (Wildman–Crippen LogP) is 3.78. The summed E-state index contributed by atoms with van der Waals surface area (Å²) in [5.41, 5.74) is 1.16. The third-order valence-corrected chi connectivity index (χ3v) is 5.73. The molecule has 0 aliphatic carbocycles. The van der Waals surface area contributed by atoms with E-state index in [4.69, 9.17) is 14.2 Å². The number of amides is 1. The number of esters is 1. The highest BCUT2D eigenvalue weighted by molar-refractivity contribution is 8.00. The lowest BCUT2D eigenvalue weighted by molar-refractivity contribution is -0.121. The Hall–Kier alpha value is -2.67. The van der Waals surface area contributed by atoms with Gasteiger partial charge in [-0.15, -0.1) is 11.8 Å². The van der Waals surface area contributed by atoms with Gasteiger partial charge in [0.15, 0.2) is 18.1 Å². The Morgan fingerprint density at radius 2 is 1.86 bits per heavy atom. The lowest BCUT2D eigenvalue weighted by Crippen LogP contribution is -2.35. The standard InChI is InChI=1S/C21H23NO5S/c1-14-10-11-22(16-6-4-5-7-19(16)28-14)20(23)13-27-21(24)15-8-9-17(25-2)18(12-15)26-3/h4-9,12,14H,10-11,13H2,1-3H3. The van der Waals surface area contributed by atoms with Gasteiger partial charge in [-0.1, -0.05) is 19.1 Å². The third kappa shape index (κ3) is 4.42. The Morgan fingerprint density at radius 1 is 1.11 bits per heavy atom. The van der Waals surface area contributed by atoms with Gasteiger partial charge in [-0.3, -0.25) is 4.79 Å². The average Bonchev–Trinajstić information content (AvgIpc) is 2.89. The summed E-state index contributed by atoms with van der Waals surface area (Å²) in [4.78, 5) is 27.9. The number of ether oxygens (including phenoxy) is 3. The number of nitrogens with zero attached hydrogens (tertiary/aromatic N) is 1. The summed E-state index contributed by atoms with van der Waals surface area (Å²) in [5, 5.41) is 0.410. The first-order valence-electron chi connectivity index (χ1n) is 8.98. The van der Waals surface area contributed by atoms with Crippen LogP contribution in [0.4, 0.5) is 5.69 Å². The highest BCUT2D eigenvalue weighted by Crippen LogP contribution is 2.37. The van der Waals surface area contributed by atoms with E-state index in [1.807, 2.05) is 24.3 Å². The van der Waals surface area contributed by atoms with Crippen molar-refractivity contribution in [1.82, 2.24) is 0 Å². The number of thioether (sulfide) groups is 1. The number of carbonyl (C=O) groups is 2. The molecule has 0 aromatic heterocycles. The second-order valence-electron chi connectivity index (χ2n) is 6.38. The molecule has 2 aromatic carbocycles. The molecule has 0 fully saturated rings. The topological polar surface area (TPSA) is 65.1 Å². The molecule has 28 heavy (non-hydrogen) atoms. The van der Waals surface area contributed by atoms with E-state index in [-0.39, 0.29) is 12.5 Å². The van der Waals surface area contributed by atoms with Gasteiger partial charge in [0.1, 0.15) is 0 Å². The fourth-order valence-corrected chi connectivity index (χ4v) is 4.11. The summed E-state index contributed by atoms with van der Waals surface area (Å²) in [5.74, 6) is 0.120. The zero-order chi connectivity index (χ0) is 20.1.